The predicted octanol–water partition coefficient (Wildman–Crippen LogP) is 2.12. The molecule has 0 saturated carbocycles. The van der Waals surface area contributed by atoms with Crippen LogP contribution in [0.5, 0.6) is 5.75 Å². The SMILES string of the molecule is Cn1c(=O)c2c(c3ccc(O)cc31)CCCC2. The molecule has 0 spiro atoms. The van der Waals surface area contributed by atoms with E-state index in [0.29, 0.717) is 0 Å². The summed E-state index contributed by atoms with van der Waals surface area (Å²) < 4.78 is 1.65. The summed E-state index contributed by atoms with van der Waals surface area (Å²) in [6.07, 6.45) is 4.12. The van der Waals surface area contributed by atoms with Crippen LogP contribution in [-0.4, -0.2) is 9.67 Å². The van der Waals surface area contributed by atoms with Gasteiger partial charge in [-0.2, -0.15) is 0 Å². The van der Waals surface area contributed by atoms with Crippen LogP contribution in [0, 0.1) is 0 Å². The molecule has 0 unspecified atom stereocenters. The van der Waals surface area contributed by atoms with Crippen LogP contribution >= 0.6 is 0 Å². The second-order valence-corrected chi connectivity index (χ2v) is 4.73. The van der Waals surface area contributed by atoms with Gasteiger partial charge >= 0.3 is 0 Å². The molecule has 3 nitrogen and oxygen atoms in total. The highest BCUT2D eigenvalue weighted by Crippen LogP contribution is 2.28. The minimum atomic E-state index is 0.0952. The number of aromatic nitrogens is 1. The van der Waals surface area contributed by atoms with Gasteiger partial charge in [0.25, 0.3) is 5.56 Å². The van der Waals surface area contributed by atoms with Crippen LogP contribution in [0.2, 0.25) is 0 Å². The number of aryl methyl sites for hydroxylation is 2. The number of aromatic hydroxyl groups is 1. The van der Waals surface area contributed by atoms with Gasteiger partial charge in [0.1, 0.15) is 5.75 Å². The van der Waals surface area contributed by atoms with Gasteiger partial charge in [0, 0.05) is 24.1 Å². The van der Waals surface area contributed by atoms with E-state index >= 15 is 0 Å². The fourth-order valence-electron chi connectivity index (χ4n) is 2.80. The zero-order valence-corrected chi connectivity index (χ0v) is 9.86. The Labute approximate surface area is 99.3 Å². The first-order valence-electron chi connectivity index (χ1n) is 6.02. The molecule has 3 rings (SSSR count). The van der Waals surface area contributed by atoms with E-state index in [1.165, 1.54) is 5.56 Å². The summed E-state index contributed by atoms with van der Waals surface area (Å²) in [5.41, 5.74) is 3.08. The third-order valence-corrected chi connectivity index (χ3v) is 3.70. The van der Waals surface area contributed by atoms with Crippen molar-refractivity contribution in [1.82, 2.24) is 4.57 Å². The second kappa shape index (κ2) is 3.62. The first kappa shape index (κ1) is 10.4. The number of phenolic OH excluding ortho intramolecular Hbond substituents is 1. The lowest BCUT2D eigenvalue weighted by Crippen LogP contribution is -2.25. The summed E-state index contributed by atoms with van der Waals surface area (Å²) in [7, 11) is 1.78. The molecule has 2 aromatic rings. The average Bonchev–Trinajstić information content (AvgIpc) is 2.36. The van der Waals surface area contributed by atoms with E-state index in [2.05, 4.69) is 0 Å². The summed E-state index contributed by atoms with van der Waals surface area (Å²) in [5.74, 6) is 0.211. The van der Waals surface area contributed by atoms with E-state index in [1.807, 2.05) is 6.07 Å². The molecule has 0 bridgehead atoms. The Kier molecular flexibility index (Phi) is 2.21. The van der Waals surface area contributed by atoms with Crippen molar-refractivity contribution >= 4 is 10.9 Å². The van der Waals surface area contributed by atoms with Crippen LogP contribution in [-0.2, 0) is 19.9 Å². The van der Waals surface area contributed by atoms with Crippen LogP contribution in [0.15, 0.2) is 23.0 Å². The number of pyridine rings is 1. The number of phenols is 1. The third-order valence-electron chi connectivity index (χ3n) is 3.70. The Morgan fingerprint density at radius 1 is 1.18 bits per heavy atom. The lowest BCUT2D eigenvalue weighted by Gasteiger charge is -2.19. The third kappa shape index (κ3) is 1.46. The van der Waals surface area contributed by atoms with Gasteiger partial charge in [-0.25, -0.2) is 0 Å². The molecule has 1 aromatic carbocycles. The molecule has 88 valence electrons. The van der Waals surface area contributed by atoms with E-state index in [-0.39, 0.29) is 11.3 Å². The van der Waals surface area contributed by atoms with Gasteiger partial charge < -0.3 is 9.67 Å². The Morgan fingerprint density at radius 3 is 2.65 bits per heavy atom. The van der Waals surface area contributed by atoms with Crippen molar-refractivity contribution in [2.45, 2.75) is 25.7 Å². The first-order valence-corrected chi connectivity index (χ1v) is 6.02. The largest absolute Gasteiger partial charge is 0.508 e. The van der Waals surface area contributed by atoms with Crippen molar-refractivity contribution < 1.29 is 5.11 Å². The topological polar surface area (TPSA) is 42.2 Å². The van der Waals surface area contributed by atoms with Crippen LogP contribution in [0.1, 0.15) is 24.0 Å². The maximum Gasteiger partial charge on any atom is 0.254 e. The van der Waals surface area contributed by atoms with Crippen LogP contribution in [0.25, 0.3) is 10.9 Å². The van der Waals surface area contributed by atoms with Crippen LogP contribution in [0.4, 0.5) is 0 Å². The number of benzene rings is 1. The van der Waals surface area contributed by atoms with Crippen molar-refractivity contribution in [1.29, 1.82) is 0 Å². The smallest absolute Gasteiger partial charge is 0.254 e. The van der Waals surface area contributed by atoms with E-state index in [1.54, 1.807) is 23.7 Å². The summed E-state index contributed by atoms with van der Waals surface area (Å²) in [4.78, 5) is 12.2. The van der Waals surface area contributed by atoms with Gasteiger partial charge in [-0.05, 0) is 43.4 Å². The molecule has 0 amide bonds. The number of hydrogen-bond donors (Lipinski definition) is 1. The zero-order valence-electron chi connectivity index (χ0n) is 9.86. The van der Waals surface area contributed by atoms with Crippen molar-refractivity contribution in [2.75, 3.05) is 0 Å². The normalized spacial score (nSPS) is 14.9. The lowest BCUT2D eigenvalue weighted by molar-refractivity contribution is 0.476. The molecule has 17 heavy (non-hydrogen) atoms. The summed E-state index contributed by atoms with van der Waals surface area (Å²) in [6, 6.07) is 5.29. The van der Waals surface area contributed by atoms with Gasteiger partial charge in [-0.3, -0.25) is 4.79 Å². The first-order chi connectivity index (χ1) is 8.18. The molecule has 3 heteroatoms. The minimum Gasteiger partial charge on any atom is -0.508 e. The van der Waals surface area contributed by atoms with Gasteiger partial charge in [0.15, 0.2) is 0 Å². The summed E-state index contributed by atoms with van der Waals surface area (Å²) in [6.45, 7) is 0. The van der Waals surface area contributed by atoms with E-state index < -0.39 is 0 Å². The molecular formula is C14H15NO2. The number of fused-ring (bicyclic) bond motifs is 3. The molecule has 1 aliphatic rings. The number of nitrogens with zero attached hydrogens (tertiary/aromatic N) is 1. The molecule has 1 heterocycles. The second-order valence-electron chi connectivity index (χ2n) is 4.73. The molecule has 1 N–H and O–H groups in total. The Balaban J connectivity index is 2.49. The zero-order chi connectivity index (χ0) is 12.0. The van der Waals surface area contributed by atoms with Crippen molar-refractivity contribution in [3.63, 3.8) is 0 Å². The molecule has 1 aliphatic carbocycles. The fraction of sp³-hybridized carbons (Fsp3) is 0.357. The number of hydrogen-bond acceptors (Lipinski definition) is 2. The number of rotatable bonds is 0. The molecule has 0 saturated heterocycles. The Hall–Kier alpha value is -1.77. The maximum atomic E-state index is 12.2. The lowest BCUT2D eigenvalue weighted by atomic mass is 9.90. The quantitative estimate of drug-likeness (QED) is 0.752. The van der Waals surface area contributed by atoms with Gasteiger partial charge in [-0.1, -0.05) is 0 Å². The van der Waals surface area contributed by atoms with Crippen molar-refractivity contribution in [3.8, 4) is 5.75 Å². The van der Waals surface area contributed by atoms with E-state index in [4.69, 9.17) is 0 Å². The van der Waals surface area contributed by atoms with Crippen LogP contribution < -0.4 is 5.56 Å². The monoisotopic (exact) mass is 229 g/mol. The molecule has 0 aliphatic heterocycles. The Morgan fingerprint density at radius 2 is 1.88 bits per heavy atom. The van der Waals surface area contributed by atoms with E-state index in [0.717, 1.165) is 42.1 Å². The highest BCUT2D eigenvalue weighted by Gasteiger charge is 2.18. The molecular weight excluding hydrogens is 214 g/mol. The predicted molar refractivity (Wildman–Crippen MR) is 67.5 cm³/mol. The van der Waals surface area contributed by atoms with E-state index in [9.17, 15) is 9.90 Å². The standard InChI is InChI=1S/C14H15NO2/c1-15-13-8-9(16)6-7-11(13)10-4-2-3-5-12(10)14(15)17/h6-8,16H,2-5H2,1H3. The molecule has 0 fully saturated rings. The highest BCUT2D eigenvalue weighted by molar-refractivity contribution is 5.85. The van der Waals surface area contributed by atoms with Crippen molar-refractivity contribution in [2.24, 2.45) is 7.05 Å². The van der Waals surface area contributed by atoms with Gasteiger partial charge in [0.05, 0.1) is 5.52 Å². The fourth-order valence-corrected chi connectivity index (χ4v) is 2.80. The average molecular weight is 229 g/mol. The molecule has 0 atom stereocenters. The maximum absolute atomic E-state index is 12.2. The molecule has 1 aromatic heterocycles. The van der Waals surface area contributed by atoms with Gasteiger partial charge in [-0.15, -0.1) is 0 Å². The van der Waals surface area contributed by atoms with Gasteiger partial charge in [0.2, 0.25) is 0 Å². The molecule has 0 radical (unpaired) electrons. The highest BCUT2D eigenvalue weighted by atomic mass is 16.3. The minimum absolute atomic E-state index is 0.0952. The Bertz CT molecular complexity index is 655. The summed E-state index contributed by atoms with van der Waals surface area (Å²) >= 11 is 0. The van der Waals surface area contributed by atoms with Crippen molar-refractivity contribution in [3.05, 3.63) is 39.7 Å². The van der Waals surface area contributed by atoms with Crippen LogP contribution in [0.3, 0.4) is 0 Å². The summed E-state index contributed by atoms with van der Waals surface area (Å²) in [5, 5.41) is 10.6.